The summed E-state index contributed by atoms with van der Waals surface area (Å²) in [5.41, 5.74) is 6.95. The van der Waals surface area contributed by atoms with Gasteiger partial charge in [0, 0.05) is 32.4 Å². The van der Waals surface area contributed by atoms with E-state index >= 15 is 0 Å². The molecule has 0 radical (unpaired) electrons. The molecule has 0 saturated carbocycles. The van der Waals surface area contributed by atoms with Crippen LogP contribution < -0.4 is 27.0 Å². The summed E-state index contributed by atoms with van der Waals surface area (Å²) in [5.74, 6) is 0.0109. The highest BCUT2D eigenvalue weighted by Gasteiger charge is 2.15. The third-order valence-corrected chi connectivity index (χ3v) is 4.89. The summed E-state index contributed by atoms with van der Waals surface area (Å²) < 4.78 is 13.0. The Morgan fingerprint density at radius 1 is 1.06 bits per heavy atom. The van der Waals surface area contributed by atoms with Crippen molar-refractivity contribution in [1.29, 1.82) is 0 Å². The minimum Gasteiger partial charge on any atom is -0.370 e. The molecular formula is C23H34FN7O2. The van der Waals surface area contributed by atoms with Crippen molar-refractivity contribution in [2.45, 2.75) is 52.1 Å². The van der Waals surface area contributed by atoms with E-state index in [1.165, 1.54) is 18.3 Å². The second-order valence-electron chi connectivity index (χ2n) is 7.62. The molecule has 1 heterocycles. The normalized spacial score (nSPS) is 11.5. The third kappa shape index (κ3) is 9.01. The molecule has 9 nitrogen and oxygen atoms in total. The van der Waals surface area contributed by atoms with Crippen molar-refractivity contribution in [3.63, 3.8) is 0 Å². The Morgan fingerprint density at radius 3 is 2.52 bits per heavy atom. The number of anilines is 2. The van der Waals surface area contributed by atoms with E-state index in [-0.39, 0.29) is 24.2 Å². The number of carbonyl (C=O) groups is 2. The van der Waals surface area contributed by atoms with E-state index in [4.69, 9.17) is 5.73 Å². The van der Waals surface area contributed by atoms with Crippen LogP contribution in [0, 0.1) is 5.82 Å². The fourth-order valence-electron chi connectivity index (χ4n) is 3.00. The SMILES string of the molecule is CCCC[C@H](N)C(=O)NCCCNc1ncc(C(=O)NCc2ccc(F)cc2)c(NCC)n1. The van der Waals surface area contributed by atoms with Crippen molar-refractivity contribution >= 4 is 23.6 Å². The van der Waals surface area contributed by atoms with Crippen LogP contribution in [-0.4, -0.2) is 47.5 Å². The molecule has 1 aromatic carbocycles. The fourth-order valence-corrected chi connectivity index (χ4v) is 3.00. The Bertz CT molecular complexity index is 893. The Balaban J connectivity index is 1.83. The first-order valence-corrected chi connectivity index (χ1v) is 11.3. The second-order valence-corrected chi connectivity index (χ2v) is 7.62. The Kier molecular flexibility index (Phi) is 11.0. The molecule has 2 amide bonds. The van der Waals surface area contributed by atoms with Crippen LogP contribution in [-0.2, 0) is 11.3 Å². The van der Waals surface area contributed by atoms with Gasteiger partial charge in [-0.3, -0.25) is 9.59 Å². The van der Waals surface area contributed by atoms with Crippen molar-refractivity contribution in [3.05, 3.63) is 47.4 Å². The van der Waals surface area contributed by atoms with Crippen LogP contribution >= 0.6 is 0 Å². The molecule has 2 rings (SSSR count). The van der Waals surface area contributed by atoms with Crippen LogP contribution in [0.3, 0.4) is 0 Å². The largest absolute Gasteiger partial charge is 0.370 e. The van der Waals surface area contributed by atoms with Crippen LogP contribution in [0.5, 0.6) is 0 Å². The number of nitrogens with zero attached hydrogens (tertiary/aromatic N) is 2. The van der Waals surface area contributed by atoms with E-state index in [1.54, 1.807) is 12.1 Å². The van der Waals surface area contributed by atoms with Gasteiger partial charge in [-0.15, -0.1) is 0 Å². The van der Waals surface area contributed by atoms with Gasteiger partial charge in [-0.25, -0.2) is 9.37 Å². The number of aromatic nitrogens is 2. The zero-order valence-electron chi connectivity index (χ0n) is 19.3. The predicted octanol–water partition coefficient (Wildman–Crippen LogP) is 2.41. The number of halogens is 1. The Hall–Kier alpha value is -3.27. The van der Waals surface area contributed by atoms with E-state index < -0.39 is 6.04 Å². The number of rotatable bonds is 14. The number of hydrogen-bond acceptors (Lipinski definition) is 7. The molecule has 0 aliphatic heterocycles. The maximum absolute atomic E-state index is 13.0. The van der Waals surface area contributed by atoms with Gasteiger partial charge in [0.2, 0.25) is 11.9 Å². The lowest BCUT2D eigenvalue weighted by Gasteiger charge is -2.13. The van der Waals surface area contributed by atoms with Crippen LogP contribution in [0.2, 0.25) is 0 Å². The lowest BCUT2D eigenvalue weighted by molar-refractivity contribution is -0.122. The molecule has 2 aromatic rings. The van der Waals surface area contributed by atoms with Crippen molar-refractivity contribution in [3.8, 4) is 0 Å². The van der Waals surface area contributed by atoms with E-state index in [2.05, 4.69) is 38.2 Å². The van der Waals surface area contributed by atoms with Gasteiger partial charge in [-0.05, 0) is 37.5 Å². The molecule has 1 atom stereocenters. The highest BCUT2D eigenvalue weighted by molar-refractivity contribution is 5.98. The minimum atomic E-state index is -0.467. The second kappa shape index (κ2) is 14.0. The van der Waals surface area contributed by atoms with Gasteiger partial charge >= 0.3 is 0 Å². The van der Waals surface area contributed by atoms with E-state index in [0.29, 0.717) is 49.8 Å². The van der Waals surface area contributed by atoms with E-state index in [9.17, 15) is 14.0 Å². The van der Waals surface area contributed by atoms with E-state index in [0.717, 1.165) is 18.4 Å². The van der Waals surface area contributed by atoms with Crippen molar-refractivity contribution in [2.75, 3.05) is 30.3 Å². The Morgan fingerprint density at radius 2 is 1.82 bits per heavy atom. The number of unbranched alkanes of at least 4 members (excludes halogenated alkanes) is 1. The summed E-state index contributed by atoms with van der Waals surface area (Å²) in [7, 11) is 0. The highest BCUT2D eigenvalue weighted by atomic mass is 19.1. The standard InChI is InChI=1S/C23H34FN7O2/c1-3-5-7-19(25)22(33)27-12-6-13-28-23-30-15-18(20(31-23)26-4-2)21(32)29-14-16-8-10-17(24)11-9-16/h8-11,15,19H,3-7,12-14,25H2,1-2H3,(H,27,33)(H,29,32)(H2,26,28,30,31)/t19-/m0/s1. The van der Waals surface area contributed by atoms with Crippen molar-refractivity contribution in [2.24, 2.45) is 5.73 Å². The van der Waals surface area contributed by atoms with Gasteiger partial charge in [-0.1, -0.05) is 31.9 Å². The summed E-state index contributed by atoms with van der Waals surface area (Å²) in [4.78, 5) is 33.1. The maximum atomic E-state index is 13.0. The third-order valence-electron chi connectivity index (χ3n) is 4.89. The highest BCUT2D eigenvalue weighted by Crippen LogP contribution is 2.14. The molecule has 0 saturated heterocycles. The lowest BCUT2D eigenvalue weighted by Crippen LogP contribution is -2.41. The summed E-state index contributed by atoms with van der Waals surface area (Å²) >= 11 is 0. The summed E-state index contributed by atoms with van der Waals surface area (Å²) in [5, 5.41) is 11.8. The van der Waals surface area contributed by atoms with Gasteiger partial charge in [0.15, 0.2) is 0 Å². The van der Waals surface area contributed by atoms with Crippen LogP contribution in [0.25, 0.3) is 0 Å². The van der Waals surface area contributed by atoms with E-state index in [1.807, 2.05) is 6.92 Å². The molecule has 33 heavy (non-hydrogen) atoms. The number of benzene rings is 1. The van der Waals surface area contributed by atoms with Crippen LogP contribution in [0.4, 0.5) is 16.2 Å². The average Bonchev–Trinajstić information content (AvgIpc) is 2.82. The molecule has 0 spiro atoms. The van der Waals surface area contributed by atoms with Gasteiger partial charge < -0.3 is 27.0 Å². The first-order valence-electron chi connectivity index (χ1n) is 11.3. The van der Waals surface area contributed by atoms with Crippen molar-refractivity contribution < 1.29 is 14.0 Å². The number of nitrogens with two attached hydrogens (primary N) is 1. The molecule has 0 unspecified atom stereocenters. The van der Waals surface area contributed by atoms with Crippen LogP contribution in [0.15, 0.2) is 30.5 Å². The maximum Gasteiger partial charge on any atom is 0.256 e. The molecule has 6 N–H and O–H groups in total. The zero-order valence-corrected chi connectivity index (χ0v) is 19.3. The number of hydrogen-bond donors (Lipinski definition) is 5. The minimum absolute atomic E-state index is 0.134. The smallest absolute Gasteiger partial charge is 0.256 e. The monoisotopic (exact) mass is 459 g/mol. The lowest BCUT2D eigenvalue weighted by atomic mass is 10.1. The topological polar surface area (TPSA) is 134 Å². The molecular weight excluding hydrogens is 425 g/mol. The first-order chi connectivity index (χ1) is 15.9. The van der Waals surface area contributed by atoms with Gasteiger partial charge in [0.25, 0.3) is 5.91 Å². The van der Waals surface area contributed by atoms with Gasteiger partial charge in [0.05, 0.1) is 6.04 Å². The Labute approximate surface area is 194 Å². The zero-order chi connectivity index (χ0) is 24.1. The van der Waals surface area contributed by atoms with Gasteiger partial charge in [-0.2, -0.15) is 4.98 Å². The predicted molar refractivity (Wildman–Crippen MR) is 127 cm³/mol. The summed E-state index contributed by atoms with van der Waals surface area (Å²) in [6.07, 6.45) is 4.76. The van der Waals surface area contributed by atoms with Crippen molar-refractivity contribution in [1.82, 2.24) is 20.6 Å². The average molecular weight is 460 g/mol. The number of nitrogens with one attached hydrogen (secondary N) is 4. The van der Waals surface area contributed by atoms with Crippen LogP contribution in [0.1, 0.15) is 55.5 Å². The first kappa shape index (κ1) is 26.0. The summed E-state index contributed by atoms with van der Waals surface area (Å²) in [6, 6.07) is 5.46. The molecule has 0 aliphatic rings. The number of amides is 2. The molecule has 0 aliphatic carbocycles. The molecule has 180 valence electrons. The summed E-state index contributed by atoms with van der Waals surface area (Å²) in [6.45, 7) is 5.86. The van der Waals surface area contributed by atoms with Gasteiger partial charge in [0.1, 0.15) is 17.2 Å². The molecule has 1 aromatic heterocycles. The molecule has 0 fully saturated rings. The molecule has 0 bridgehead atoms. The number of carbonyl (C=O) groups excluding carboxylic acids is 2. The molecule has 10 heteroatoms. The quantitative estimate of drug-likeness (QED) is 0.274. The fraction of sp³-hybridized carbons (Fsp3) is 0.478.